The molecule has 1 atom stereocenters. The number of anilines is 2. The van der Waals surface area contributed by atoms with Gasteiger partial charge in [0, 0.05) is 17.9 Å². The van der Waals surface area contributed by atoms with Gasteiger partial charge in [0.1, 0.15) is 12.6 Å². The van der Waals surface area contributed by atoms with E-state index in [1.807, 2.05) is 85.8 Å². The summed E-state index contributed by atoms with van der Waals surface area (Å²) in [6.07, 6.45) is 1.19. The van der Waals surface area contributed by atoms with Gasteiger partial charge in [-0.05, 0) is 60.7 Å². The van der Waals surface area contributed by atoms with Crippen LogP contribution in [0.4, 0.5) is 16.2 Å². The van der Waals surface area contributed by atoms with Crippen molar-refractivity contribution in [3.8, 4) is 11.1 Å². The Morgan fingerprint density at radius 3 is 2.51 bits per heavy atom. The van der Waals surface area contributed by atoms with E-state index in [9.17, 15) is 14.4 Å². The summed E-state index contributed by atoms with van der Waals surface area (Å²) in [5.74, 6) is -0.276. The molecule has 8 heteroatoms. The summed E-state index contributed by atoms with van der Waals surface area (Å²) in [6.45, 7) is 2.49. The molecule has 2 heterocycles. The normalized spacial score (nSPS) is 17.1. The Morgan fingerprint density at radius 2 is 1.78 bits per heavy atom. The molecule has 2 aliphatic rings. The highest BCUT2D eigenvalue weighted by Crippen LogP contribution is 2.28. The molecule has 8 nitrogen and oxygen atoms in total. The average Bonchev–Trinajstić information content (AvgIpc) is 3.54. The third kappa shape index (κ3) is 5.53. The molecule has 0 aromatic heterocycles. The number of hydrazone groups is 1. The van der Waals surface area contributed by atoms with Crippen molar-refractivity contribution in [2.24, 2.45) is 5.10 Å². The zero-order valence-corrected chi connectivity index (χ0v) is 20.6. The zero-order chi connectivity index (χ0) is 25.8. The Balaban J connectivity index is 1.23. The summed E-state index contributed by atoms with van der Waals surface area (Å²) in [5, 5.41) is 8.67. The van der Waals surface area contributed by atoms with Crippen molar-refractivity contribution in [2.45, 2.75) is 38.8 Å². The topological polar surface area (TPSA) is 91.3 Å². The fourth-order valence-electron chi connectivity index (χ4n) is 4.61. The summed E-state index contributed by atoms with van der Waals surface area (Å²) in [6, 6.07) is 24.0. The summed E-state index contributed by atoms with van der Waals surface area (Å²) in [4.78, 5) is 39.4. The molecule has 1 fully saturated rings. The maximum Gasteiger partial charge on any atom is 0.410 e. The minimum atomic E-state index is -0.576. The number of benzene rings is 3. The molecule has 37 heavy (non-hydrogen) atoms. The predicted molar refractivity (Wildman–Crippen MR) is 142 cm³/mol. The smallest absolute Gasteiger partial charge is 0.410 e. The first-order valence-electron chi connectivity index (χ1n) is 12.3. The van der Waals surface area contributed by atoms with Crippen LogP contribution in [0, 0.1) is 0 Å². The van der Waals surface area contributed by atoms with Crippen LogP contribution in [0.3, 0.4) is 0 Å². The number of ether oxygens (including phenoxy) is 1. The maximum absolute atomic E-state index is 13.1. The molecule has 0 saturated carbocycles. The van der Waals surface area contributed by atoms with Gasteiger partial charge >= 0.3 is 6.09 Å². The molecule has 1 saturated heterocycles. The zero-order valence-electron chi connectivity index (χ0n) is 20.6. The first kappa shape index (κ1) is 24.2. The van der Waals surface area contributed by atoms with Crippen LogP contribution in [0.1, 0.15) is 31.7 Å². The number of carbonyl (C=O) groups excluding carboxylic acids is 3. The summed E-state index contributed by atoms with van der Waals surface area (Å²) >= 11 is 0. The quantitative estimate of drug-likeness (QED) is 0.507. The molecule has 1 N–H and O–H groups in total. The molecule has 0 aliphatic carbocycles. The maximum atomic E-state index is 13.1. The molecular weight excluding hydrogens is 468 g/mol. The van der Waals surface area contributed by atoms with Gasteiger partial charge in [-0.3, -0.25) is 14.5 Å². The van der Waals surface area contributed by atoms with E-state index in [0.717, 1.165) is 34.5 Å². The highest BCUT2D eigenvalue weighted by atomic mass is 16.6. The Hall–Kier alpha value is -4.46. The minimum Gasteiger partial charge on any atom is -0.445 e. The largest absolute Gasteiger partial charge is 0.445 e. The lowest BCUT2D eigenvalue weighted by Crippen LogP contribution is -2.43. The van der Waals surface area contributed by atoms with E-state index in [0.29, 0.717) is 25.1 Å². The molecule has 3 amide bonds. The number of nitrogens with zero attached hydrogens (tertiary/aromatic N) is 3. The molecule has 188 valence electrons. The second-order valence-corrected chi connectivity index (χ2v) is 9.23. The third-order valence-electron chi connectivity index (χ3n) is 6.48. The summed E-state index contributed by atoms with van der Waals surface area (Å²) in [5.41, 5.74) is 4.92. The highest BCUT2D eigenvalue weighted by molar-refractivity contribution is 6.12. The van der Waals surface area contributed by atoms with Gasteiger partial charge in [0.25, 0.3) is 5.91 Å². The number of amides is 3. The van der Waals surface area contributed by atoms with E-state index in [2.05, 4.69) is 10.4 Å². The Kier molecular flexibility index (Phi) is 6.98. The summed E-state index contributed by atoms with van der Waals surface area (Å²) in [7, 11) is 0. The third-order valence-corrected chi connectivity index (χ3v) is 6.48. The number of rotatable bonds is 6. The predicted octanol–water partition coefficient (Wildman–Crippen LogP) is 5.21. The molecule has 3 aromatic rings. The number of hydrogen-bond donors (Lipinski definition) is 1. The van der Waals surface area contributed by atoms with Crippen LogP contribution in [0.15, 0.2) is 84.0 Å². The van der Waals surface area contributed by atoms with E-state index in [1.54, 1.807) is 0 Å². The van der Waals surface area contributed by atoms with Crippen LogP contribution < -0.4 is 10.3 Å². The molecular formula is C29H28N4O4. The standard InChI is InChI=1S/C29H28N4O4/c1-20-17-27(34)33(31-20)25-14-12-22(13-15-25)23-9-5-10-24(18-23)30-28(35)26-11-6-16-32(26)29(36)37-19-21-7-3-2-4-8-21/h2-5,7-10,12-15,18,26H,6,11,16-17,19H2,1H3,(H,30,35)/t26-/m0/s1. The first-order valence-corrected chi connectivity index (χ1v) is 12.3. The van der Waals surface area contributed by atoms with E-state index >= 15 is 0 Å². The summed E-state index contributed by atoms with van der Waals surface area (Å²) < 4.78 is 5.45. The van der Waals surface area contributed by atoms with Gasteiger partial charge in [-0.15, -0.1) is 0 Å². The van der Waals surface area contributed by atoms with Crippen LogP contribution in [-0.4, -0.2) is 41.1 Å². The van der Waals surface area contributed by atoms with Crippen LogP contribution >= 0.6 is 0 Å². The van der Waals surface area contributed by atoms with Crippen LogP contribution in [-0.2, 0) is 20.9 Å². The van der Waals surface area contributed by atoms with E-state index in [1.165, 1.54) is 9.91 Å². The fraction of sp³-hybridized carbons (Fsp3) is 0.241. The molecule has 2 aliphatic heterocycles. The van der Waals surface area contributed by atoms with Crippen molar-refractivity contribution >= 4 is 35.0 Å². The second kappa shape index (κ2) is 10.7. The van der Waals surface area contributed by atoms with Gasteiger partial charge in [-0.1, -0.05) is 54.6 Å². The SMILES string of the molecule is CC1=NN(c2ccc(-c3cccc(NC(=O)[C@@H]4CCCN4C(=O)OCc4ccccc4)c3)cc2)C(=O)C1. The Morgan fingerprint density at radius 1 is 1.00 bits per heavy atom. The number of likely N-dealkylation sites (tertiary alicyclic amines) is 1. The van der Waals surface area contributed by atoms with Crippen molar-refractivity contribution in [1.29, 1.82) is 0 Å². The van der Waals surface area contributed by atoms with E-state index < -0.39 is 12.1 Å². The van der Waals surface area contributed by atoms with Gasteiger partial charge in [0.15, 0.2) is 0 Å². The highest BCUT2D eigenvalue weighted by Gasteiger charge is 2.35. The molecule has 0 bridgehead atoms. The van der Waals surface area contributed by atoms with Gasteiger partial charge in [-0.25, -0.2) is 9.80 Å². The second-order valence-electron chi connectivity index (χ2n) is 9.23. The van der Waals surface area contributed by atoms with Gasteiger partial charge in [0.2, 0.25) is 5.91 Å². The van der Waals surface area contributed by atoms with Gasteiger partial charge < -0.3 is 10.1 Å². The Bertz CT molecular complexity index is 1340. The number of carbonyl (C=O) groups is 3. The Labute approximate surface area is 215 Å². The van der Waals surface area contributed by atoms with E-state index in [4.69, 9.17) is 4.74 Å². The van der Waals surface area contributed by atoms with Gasteiger partial charge in [0.05, 0.1) is 12.1 Å². The molecule has 3 aromatic carbocycles. The lowest BCUT2D eigenvalue weighted by atomic mass is 10.0. The lowest BCUT2D eigenvalue weighted by Gasteiger charge is -2.23. The molecule has 0 unspecified atom stereocenters. The van der Waals surface area contributed by atoms with Crippen LogP contribution in [0.2, 0.25) is 0 Å². The first-order chi connectivity index (χ1) is 18.0. The molecule has 5 rings (SSSR count). The van der Waals surface area contributed by atoms with Crippen molar-refractivity contribution in [3.63, 3.8) is 0 Å². The molecule has 0 radical (unpaired) electrons. The monoisotopic (exact) mass is 496 g/mol. The number of hydrogen-bond acceptors (Lipinski definition) is 5. The minimum absolute atomic E-state index is 0.0418. The average molecular weight is 497 g/mol. The number of nitrogens with one attached hydrogen (secondary N) is 1. The van der Waals surface area contributed by atoms with Crippen molar-refractivity contribution in [3.05, 3.63) is 84.4 Å². The van der Waals surface area contributed by atoms with Crippen LogP contribution in [0.25, 0.3) is 11.1 Å². The molecule has 0 spiro atoms. The van der Waals surface area contributed by atoms with Crippen molar-refractivity contribution in [1.82, 2.24) is 4.90 Å². The van der Waals surface area contributed by atoms with Crippen molar-refractivity contribution < 1.29 is 19.1 Å². The van der Waals surface area contributed by atoms with Crippen molar-refractivity contribution in [2.75, 3.05) is 16.9 Å². The van der Waals surface area contributed by atoms with E-state index in [-0.39, 0.29) is 18.4 Å². The lowest BCUT2D eigenvalue weighted by molar-refractivity contribution is -0.120. The fourth-order valence-corrected chi connectivity index (χ4v) is 4.61. The van der Waals surface area contributed by atoms with Crippen LogP contribution in [0.5, 0.6) is 0 Å². The van der Waals surface area contributed by atoms with Gasteiger partial charge in [-0.2, -0.15) is 5.10 Å².